The van der Waals surface area contributed by atoms with E-state index in [0.29, 0.717) is 12.1 Å². The molecule has 0 bridgehead atoms. The maximum absolute atomic E-state index is 12.8. The number of benzene rings is 1. The van der Waals surface area contributed by atoms with Gasteiger partial charge in [-0.15, -0.1) is 22.8 Å². The van der Waals surface area contributed by atoms with Crippen molar-refractivity contribution in [3.8, 4) is 0 Å². The molecule has 0 saturated heterocycles. The van der Waals surface area contributed by atoms with Crippen molar-refractivity contribution < 1.29 is 13.2 Å². The minimum Gasteiger partial charge on any atom is -0.366 e. The molecule has 1 aromatic heterocycles. The van der Waals surface area contributed by atoms with Crippen LogP contribution in [0, 0.1) is 12.8 Å². The molecule has 8 nitrogen and oxygen atoms in total. The molecule has 0 radical (unpaired) electrons. The van der Waals surface area contributed by atoms with Gasteiger partial charge in [-0.3, -0.25) is 9.36 Å². The average molecular weight is 404 g/mol. The maximum atomic E-state index is 12.8. The number of amides is 1. The van der Waals surface area contributed by atoms with Crippen LogP contribution in [0.2, 0.25) is 5.02 Å². The second-order valence-corrected chi connectivity index (χ2v) is 8.36. The van der Waals surface area contributed by atoms with Crippen LogP contribution in [0.4, 0.5) is 5.95 Å². The highest BCUT2D eigenvalue weighted by molar-refractivity contribution is 7.93. The molecule has 2 aromatic rings. The third-order valence-electron chi connectivity index (χ3n) is 3.39. The predicted octanol–water partition coefficient (Wildman–Crippen LogP) is 2.08. The van der Waals surface area contributed by atoms with E-state index in [2.05, 4.69) is 27.5 Å². The number of nitrogens with one attached hydrogen (secondary N) is 1. The van der Waals surface area contributed by atoms with Gasteiger partial charge in [-0.2, -0.15) is 0 Å². The molecule has 0 atom stereocenters. The minimum absolute atomic E-state index is 0.0645. The summed E-state index contributed by atoms with van der Waals surface area (Å²) in [5, 5.41) is 7.58. The van der Waals surface area contributed by atoms with Crippen molar-refractivity contribution in [2.45, 2.75) is 37.1 Å². The number of hydrogen-bond acceptors (Lipinski definition) is 6. The number of rotatable bonds is 6. The molecule has 0 aliphatic heterocycles. The fourth-order valence-electron chi connectivity index (χ4n) is 2.17. The summed E-state index contributed by atoms with van der Waals surface area (Å²) >= 11 is 10.3. The van der Waals surface area contributed by atoms with E-state index in [4.69, 9.17) is 17.3 Å². The van der Waals surface area contributed by atoms with Crippen LogP contribution in [0.5, 0.6) is 0 Å². The Morgan fingerprint density at radius 2 is 2.12 bits per heavy atom. The van der Waals surface area contributed by atoms with Gasteiger partial charge in [0.2, 0.25) is 11.9 Å². The third-order valence-corrected chi connectivity index (χ3v) is 5.95. The first-order valence-electron chi connectivity index (χ1n) is 7.27. The van der Waals surface area contributed by atoms with E-state index in [9.17, 15) is 13.2 Å². The fourth-order valence-corrected chi connectivity index (χ4v) is 4.21. The lowest BCUT2D eigenvalue weighted by Gasteiger charge is -2.15. The predicted molar refractivity (Wildman–Crippen MR) is 97.6 cm³/mol. The normalized spacial score (nSPS) is 11.8. The number of carbonyl (C=O) groups excluding carboxylic acids is 1. The summed E-state index contributed by atoms with van der Waals surface area (Å²) in [5.74, 6) is -0.505. The van der Waals surface area contributed by atoms with Gasteiger partial charge in [-0.25, -0.2) is 13.1 Å². The monoisotopic (exact) mass is 403 g/mol. The molecule has 0 spiro atoms. The van der Waals surface area contributed by atoms with E-state index in [-0.39, 0.29) is 32.2 Å². The van der Waals surface area contributed by atoms with Gasteiger partial charge in [0.15, 0.2) is 0 Å². The Bertz CT molecular complexity index is 925. The summed E-state index contributed by atoms with van der Waals surface area (Å²) in [6.07, 6.45) is 1.43. The smallest absolute Gasteiger partial charge is 0.265 e. The number of halogens is 1. The van der Waals surface area contributed by atoms with Crippen LogP contribution in [-0.4, -0.2) is 29.1 Å². The molecule has 0 fully saturated rings. The van der Waals surface area contributed by atoms with Crippen LogP contribution in [0.25, 0.3) is 0 Å². The quantitative estimate of drug-likeness (QED) is 0.638. The summed E-state index contributed by atoms with van der Waals surface area (Å²) in [6, 6.07) is 1.10. The second-order valence-electron chi connectivity index (χ2n) is 5.88. The Morgan fingerprint density at radius 3 is 2.68 bits per heavy atom. The molecule has 0 saturated carbocycles. The van der Waals surface area contributed by atoms with Crippen molar-refractivity contribution in [3.63, 3.8) is 0 Å². The van der Waals surface area contributed by atoms with Crippen LogP contribution in [0.1, 0.15) is 29.8 Å². The van der Waals surface area contributed by atoms with Gasteiger partial charge in [0, 0.05) is 11.4 Å². The van der Waals surface area contributed by atoms with Crippen LogP contribution in [0.3, 0.4) is 0 Å². The lowest BCUT2D eigenvalue weighted by Crippen LogP contribution is -2.20. The largest absolute Gasteiger partial charge is 0.366 e. The summed E-state index contributed by atoms with van der Waals surface area (Å²) in [4.78, 5) is 11.4. The van der Waals surface area contributed by atoms with E-state index in [1.807, 2.05) is 13.8 Å². The third kappa shape index (κ3) is 4.07. The topological polar surface area (TPSA) is 120 Å². The minimum atomic E-state index is -4.08. The number of nitrogens with zero attached hydrogens (tertiary/aromatic N) is 3. The molecule has 1 aromatic carbocycles. The lowest BCUT2D eigenvalue weighted by molar-refractivity contribution is 0.1000. The molecule has 11 heteroatoms. The molecule has 136 valence electrons. The molecule has 0 aliphatic rings. The molecule has 3 N–H and O–H groups in total. The number of hydrogen-bond donors (Lipinski definition) is 3. The van der Waals surface area contributed by atoms with E-state index in [1.54, 1.807) is 11.5 Å². The molecular weight excluding hydrogens is 386 g/mol. The maximum Gasteiger partial charge on any atom is 0.265 e. The highest BCUT2D eigenvalue weighted by Crippen LogP contribution is 2.33. The fraction of sp³-hybridized carbons (Fsp3) is 0.357. The lowest BCUT2D eigenvalue weighted by atomic mass is 10.1. The number of primary amides is 1. The number of anilines is 1. The molecule has 0 unspecified atom stereocenters. The highest BCUT2D eigenvalue weighted by Gasteiger charge is 2.25. The van der Waals surface area contributed by atoms with Gasteiger partial charge in [0.1, 0.15) is 11.2 Å². The molecular formula is C14H18ClN5O3S2. The van der Waals surface area contributed by atoms with Crippen LogP contribution in [0.15, 0.2) is 22.2 Å². The SMILES string of the molecule is Cc1c(S)c(S(=O)(=O)Nc2nncn2CC(C)C)cc(C(N)=O)c1Cl. The van der Waals surface area contributed by atoms with Gasteiger partial charge in [0.05, 0.1) is 10.6 Å². The van der Waals surface area contributed by atoms with Crippen molar-refractivity contribution in [2.24, 2.45) is 11.7 Å². The van der Waals surface area contributed by atoms with E-state index in [0.717, 1.165) is 6.07 Å². The first-order valence-corrected chi connectivity index (χ1v) is 9.58. The van der Waals surface area contributed by atoms with E-state index >= 15 is 0 Å². The van der Waals surface area contributed by atoms with Crippen molar-refractivity contribution in [2.75, 3.05) is 4.72 Å². The zero-order chi connectivity index (χ0) is 18.9. The zero-order valence-corrected chi connectivity index (χ0v) is 16.3. The number of nitrogens with two attached hydrogens (primary N) is 1. The Labute approximate surface area is 156 Å². The van der Waals surface area contributed by atoms with Crippen LogP contribution >= 0.6 is 24.2 Å². The summed E-state index contributed by atoms with van der Waals surface area (Å²) < 4.78 is 29.5. The Morgan fingerprint density at radius 1 is 1.48 bits per heavy atom. The van der Waals surface area contributed by atoms with Crippen molar-refractivity contribution in [1.82, 2.24) is 14.8 Å². The van der Waals surface area contributed by atoms with Crippen LogP contribution in [-0.2, 0) is 16.6 Å². The first kappa shape index (κ1) is 19.5. The van der Waals surface area contributed by atoms with Crippen molar-refractivity contribution in [3.05, 3.63) is 28.5 Å². The van der Waals surface area contributed by atoms with E-state index < -0.39 is 15.9 Å². The Hall–Kier alpha value is -1.78. The van der Waals surface area contributed by atoms with E-state index in [1.165, 1.54) is 6.33 Å². The van der Waals surface area contributed by atoms with Gasteiger partial charge >= 0.3 is 0 Å². The van der Waals surface area contributed by atoms with Gasteiger partial charge in [-0.1, -0.05) is 25.4 Å². The summed E-state index contributed by atoms with van der Waals surface area (Å²) in [5.41, 5.74) is 5.51. The van der Waals surface area contributed by atoms with Gasteiger partial charge in [-0.05, 0) is 24.5 Å². The summed E-state index contributed by atoms with van der Waals surface area (Å²) in [7, 11) is -4.08. The number of aromatic nitrogens is 3. The highest BCUT2D eigenvalue weighted by atomic mass is 35.5. The molecule has 0 aliphatic carbocycles. The van der Waals surface area contributed by atoms with Gasteiger partial charge in [0.25, 0.3) is 10.0 Å². The molecule has 1 amide bonds. The molecule has 1 heterocycles. The second kappa shape index (κ2) is 7.22. The Balaban J connectivity index is 2.51. The number of carbonyl (C=O) groups is 1. The van der Waals surface area contributed by atoms with Gasteiger partial charge < -0.3 is 5.73 Å². The first-order chi connectivity index (χ1) is 11.5. The summed E-state index contributed by atoms with van der Waals surface area (Å²) in [6.45, 7) is 6.04. The standard InChI is InChI=1S/C14H18ClN5O3S2/c1-7(2)5-20-6-17-18-14(20)19-25(22,23)10-4-9(13(16)21)11(15)8(3)12(10)24/h4,6-7,24H,5H2,1-3H3,(H2,16,21)(H,18,19). The van der Waals surface area contributed by atoms with Crippen molar-refractivity contribution >= 4 is 46.1 Å². The zero-order valence-electron chi connectivity index (χ0n) is 13.8. The molecule has 2 rings (SSSR count). The number of sulfonamides is 1. The molecule has 25 heavy (non-hydrogen) atoms. The van der Waals surface area contributed by atoms with Crippen molar-refractivity contribution in [1.29, 1.82) is 0 Å². The Kier molecular flexibility index (Phi) is 5.65. The van der Waals surface area contributed by atoms with Crippen LogP contribution < -0.4 is 10.5 Å². The average Bonchev–Trinajstić information content (AvgIpc) is 2.89. The number of thiol groups is 1.